The zero-order chi connectivity index (χ0) is 16.8. The van der Waals surface area contributed by atoms with E-state index in [1.165, 1.54) is 9.13 Å². The van der Waals surface area contributed by atoms with Gasteiger partial charge in [0.15, 0.2) is 0 Å². The third-order valence-electron chi connectivity index (χ3n) is 4.45. The monoisotopic (exact) mass is 423 g/mol. The fourth-order valence-corrected chi connectivity index (χ4v) is 3.77. The molecule has 0 aromatic heterocycles. The van der Waals surface area contributed by atoms with Crippen LogP contribution in [0.15, 0.2) is 84.9 Å². The van der Waals surface area contributed by atoms with Gasteiger partial charge < -0.3 is 0 Å². The number of halogens is 1. The zero-order valence-electron chi connectivity index (χ0n) is 13.3. The van der Waals surface area contributed by atoms with Crippen molar-refractivity contribution >= 4 is 22.6 Å². The maximum absolute atomic E-state index is 10.2. The van der Waals surface area contributed by atoms with E-state index in [1.807, 2.05) is 36.4 Å². The summed E-state index contributed by atoms with van der Waals surface area (Å²) >= 11 is 2.37. The molecule has 0 atom stereocenters. The highest BCUT2D eigenvalue weighted by atomic mass is 127. The second kappa shape index (κ2) is 7.63. The smallest absolute Gasteiger partial charge is 0.107 e. The predicted molar refractivity (Wildman–Crippen MR) is 107 cm³/mol. The molecule has 0 unspecified atom stereocenters. The summed E-state index contributed by atoms with van der Waals surface area (Å²) in [6, 6.07) is 31.3. The van der Waals surface area contributed by atoms with Crippen LogP contribution in [0, 0.1) is 14.9 Å². The number of rotatable bonds is 5. The van der Waals surface area contributed by atoms with Crippen molar-refractivity contribution in [2.75, 3.05) is 0 Å². The van der Waals surface area contributed by atoms with Gasteiger partial charge in [-0.2, -0.15) is 5.26 Å². The maximum atomic E-state index is 10.2. The molecule has 0 saturated heterocycles. The molecule has 0 radical (unpaired) electrons. The van der Waals surface area contributed by atoms with Crippen LogP contribution in [0.2, 0.25) is 0 Å². The van der Waals surface area contributed by atoms with E-state index in [-0.39, 0.29) is 0 Å². The van der Waals surface area contributed by atoms with Crippen molar-refractivity contribution in [2.24, 2.45) is 0 Å². The topological polar surface area (TPSA) is 23.8 Å². The molecule has 3 aromatic rings. The molecule has 0 N–H and O–H groups in total. The van der Waals surface area contributed by atoms with Gasteiger partial charge in [-0.25, -0.2) is 0 Å². The van der Waals surface area contributed by atoms with E-state index < -0.39 is 5.41 Å². The Bertz CT molecular complexity index is 795. The second-order valence-corrected chi connectivity index (χ2v) is 7.00. The van der Waals surface area contributed by atoms with Crippen molar-refractivity contribution in [1.82, 2.24) is 0 Å². The Kier molecular flexibility index (Phi) is 5.32. The van der Waals surface area contributed by atoms with Gasteiger partial charge in [-0.3, -0.25) is 0 Å². The first kappa shape index (κ1) is 16.7. The minimum atomic E-state index is -0.624. The lowest BCUT2D eigenvalue weighted by molar-refractivity contribution is 0.592. The summed E-state index contributed by atoms with van der Waals surface area (Å²) in [7, 11) is 0. The van der Waals surface area contributed by atoms with Gasteiger partial charge in [-0.1, -0.05) is 78.9 Å². The summed E-state index contributed by atoms with van der Waals surface area (Å²) in [5.74, 6) is 0. The molecule has 0 aliphatic heterocycles. The summed E-state index contributed by atoms with van der Waals surface area (Å²) in [6.45, 7) is 0. The summed E-state index contributed by atoms with van der Waals surface area (Å²) in [6.07, 6.45) is 1.63. The Labute approximate surface area is 157 Å². The van der Waals surface area contributed by atoms with Crippen LogP contribution < -0.4 is 0 Å². The molecule has 0 fully saturated rings. The molecular formula is C22H18IN. The molecule has 118 valence electrons. The van der Waals surface area contributed by atoms with E-state index in [9.17, 15) is 5.26 Å². The van der Waals surface area contributed by atoms with Crippen LogP contribution in [-0.4, -0.2) is 0 Å². The lowest BCUT2D eigenvalue weighted by Crippen LogP contribution is -2.26. The number of nitrogens with zero attached hydrogens (tertiary/aromatic N) is 1. The van der Waals surface area contributed by atoms with Crippen molar-refractivity contribution in [3.63, 3.8) is 0 Å². The van der Waals surface area contributed by atoms with E-state index in [0.29, 0.717) is 0 Å². The average Bonchev–Trinajstić information content (AvgIpc) is 2.66. The van der Waals surface area contributed by atoms with Crippen LogP contribution in [0.4, 0.5) is 0 Å². The summed E-state index contributed by atoms with van der Waals surface area (Å²) in [5, 5.41) is 10.2. The molecule has 0 amide bonds. The van der Waals surface area contributed by atoms with E-state index in [2.05, 4.69) is 77.2 Å². The standard InChI is InChI=1S/C22H18IN/c23-21-14-8-7-9-18(21)15-16-22(17-24,19-10-3-1-4-11-19)20-12-5-2-6-13-20/h1-14H,15-16H2. The molecule has 2 heteroatoms. The van der Waals surface area contributed by atoms with Gasteiger partial charge in [0, 0.05) is 3.57 Å². The van der Waals surface area contributed by atoms with Gasteiger partial charge in [0.05, 0.1) is 6.07 Å². The fraction of sp³-hybridized carbons (Fsp3) is 0.136. The van der Waals surface area contributed by atoms with Crippen LogP contribution >= 0.6 is 22.6 Å². The summed E-state index contributed by atoms with van der Waals surface area (Å²) < 4.78 is 1.25. The van der Waals surface area contributed by atoms with E-state index in [4.69, 9.17) is 0 Å². The van der Waals surface area contributed by atoms with Gasteiger partial charge in [0.1, 0.15) is 5.41 Å². The average molecular weight is 423 g/mol. The van der Waals surface area contributed by atoms with Gasteiger partial charge in [0.25, 0.3) is 0 Å². The predicted octanol–water partition coefficient (Wildman–Crippen LogP) is 5.73. The molecule has 0 spiro atoms. The molecule has 0 saturated carbocycles. The third kappa shape index (κ3) is 3.37. The van der Waals surface area contributed by atoms with Crippen LogP contribution in [0.3, 0.4) is 0 Å². The fourth-order valence-electron chi connectivity index (χ4n) is 3.11. The molecule has 0 aliphatic carbocycles. The number of hydrogen-bond acceptors (Lipinski definition) is 1. The largest absolute Gasteiger partial charge is 0.197 e. The minimum absolute atomic E-state index is 0.624. The number of aryl methyl sites for hydroxylation is 1. The summed E-state index contributed by atoms with van der Waals surface area (Å²) in [5.41, 5.74) is 2.79. The number of hydrogen-bond donors (Lipinski definition) is 0. The third-order valence-corrected chi connectivity index (χ3v) is 5.50. The lowest BCUT2D eigenvalue weighted by Gasteiger charge is -2.28. The molecule has 1 nitrogen and oxygen atoms in total. The Balaban J connectivity index is 2.03. The highest BCUT2D eigenvalue weighted by molar-refractivity contribution is 14.1. The van der Waals surface area contributed by atoms with Crippen molar-refractivity contribution in [3.05, 3.63) is 105 Å². The van der Waals surface area contributed by atoms with Crippen molar-refractivity contribution in [2.45, 2.75) is 18.3 Å². The molecule has 0 bridgehead atoms. The van der Waals surface area contributed by atoms with Crippen LogP contribution in [0.5, 0.6) is 0 Å². The maximum Gasteiger partial charge on any atom is 0.107 e. The van der Waals surface area contributed by atoms with E-state index in [1.54, 1.807) is 0 Å². The molecule has 0 aliphatic rings. The van der Waals surface area contributed by atoms with Crippen LogP contribution in [-0.2, 0) is 11.8 Å². The first-order valence-electron chi connectivity index (χ1n) is 8.02. The quantitative estimate of drug-likeness (QED) is 0.481. The number of nitriles is 1. The Morgan fingerprint density at radius 2 is 1.25 bits per heavy atom. The summed E-state index contributed by atoms with van der Waals surface area (Å²) in [4.78, 5) is 0. The second-order valence-electron chi connectivity index (χ2n) is 5.84. The van der Waals surface area contributed by atoms with Crippen molar-refractivity contribution in [1.29, 1.82) is 5.26 Å². The van der Waals surface area contributed by atoms with Crippen molar-refractivity contribution in [3.8, 4) is 6.07 Å². The Hall–Kier alpha value is -2.12. The molecule has 24 heavy (non-hydrogen) atoms. The van der Waals surface area contributed by atoms with Crippen molar-refractivity contribution < 1.29 is 0 Å². The zero-order valence-corrected chi connectivity index (χ0v) is 15.5. The molecule has 0 heterocycles. The first-order valence-corrected chi connectivity index (χ1v) is 9.10. The number of benzene rings is 3. The van der Waals surface area contributed by atoms with E-state index >= 15 is 0 Å². The van der Waals surface area contributed by atoms with Gasteiger partial charge >= 0.3 is 0 Å². The molecule has 3 aromatic carbocycles. The SMILES string of the molecule is N#CC(CCc1ccccc1I)(c1ccccc1)c1ccccc1. The highest BCUT2D eigenvalue weighted by Gasteiger charge is 2.34. The van der Waals surface area contributed by atoms with Crippen LogP contribution in [0.25, 0.3) is 0 Å². The minimum Gasteiger partial charge on any atom is -0.197 e. The molecule has 3 rings (SSSR count). The van der Waals surface area contributed by atoms with Gasteiger partial charge in [-0.15, -0.1) is 0 Å². The van der Waals surface area contributed by atoms with Crippen LogP contribution in [0.1, 0.15) is 23.1 Å². The Morgan fingerprint density at radius 1 is 0.750 bits per heavy atom. The van der Waals surface area contributed by atoms with Gasteiger partial charge in [-0.05, 0) is 58.2 Å². The molecular weight excluding hydrogens is 405 g/mol. The Morgan fingerprint density at radius 3 is 1.75 bits per heavy atom. The highest BCUT2D eigenvalue weighted by Crippen LogP contribution is 2.36. The first-order chi connectivity index (χ1) is 11.8. The van der Waals surface area contributed by atoms with Gasteiger partial charge in [0.2, 0.25) is 0 Å². The lowest BCUT2D eigenvalue weighted by atomic mass is 9.72. The van der Waals surface area contributed by atoms with E-state index in [0.717, 1.165) is 24.0 Å². The normalized spacial score (nSPS) is 11.0.